The third kappa shape index (κ3) is 5.27. The normalized spacial score (nSPS) is 19.3. The fourth-order valence-electron chi connectivity index (χ4n) is 5.47. The van der Waals surface area contributed by atoms with E-state index in [9.17, 15) is 13.6 Å². The molecule has 3 nitrogen and oxygen atoms in total. The molecule has 0 aliphatic heterocycles. The van der Waals surface area contributed by atoms with Crippen LogP contribution in [0.5, 0.6) is 5.75 Å². The summed E-state index contributed by atoms with van der Waals surface area (Å²) in [5.74, 6) is -2.28. The molecule has 0 heterocycles. The van der Waals surface area contributed by atoms with Gasteiger partial charge in [-0.15, -0.1) is 0 Å². The zero-order chi connectivity index (χ0) is 23.4. The Bertz CT molecular complexity index is 1050. The van der Waals surface area contributed by atoms with Crippen LogP contribution in [0.15, 0.2) is 24.3 Å². The molecule has 2 aliphatic carbocycles. The summed E-state index contributed by atoms with van der Waals surface area (Å²) in [5, 5.41) is 8.79. The Morgan fingerprint density at radius 2 is 1.70 bits per heavy atom. The SMILES string of the molecule is CCCCCC[C@H]1CCc2c(ccc3c2CC[C@H](C(=O)Oc2cc(F)c(C#N)c(F)c2)C3)C1. The first-order chi connectivity index (χ1) is 16.0. The molecule has 174 valence electrons. The molecule has 4 rings (SSSR count). The zero-order valence-corrected chi connectivity index (χ0v) is 19.3. The third-order valence-corrected chi connectivity index (χ3v) is 7.29. The van der Waals surface area contributed by atoms with Crippen LogP contribution in [-0.4, -0.2) is 5.97 Å². The number of benzene rings is 2. The van der Waals surface area contributed by atoms with Crippen LogP contribution in [0.2, 0.25) is 0 Å². The van der Waals surface area contributed by atoms with Gasteiger partial charge in [0.1, 0.15) is 29.0 Å². The van der Waals surface area contributed by atoms with Crippen LogP contribution < -0.4 is 4.74 Å². The number of fused-ring (bicyclic) bond motifs is 3. The smallest absolute Gasteiger partial charge is 0.314 e. The van der Waals surface area contributed by atoms with Gasteiger partial charge in [0.25, 0.3) is 0 Å². The lowest BCUT2D eigenvalue weighted by atomic mass is 9.74. The average molecular weight is 452 g/mol. The number of nitrogens with zero attached hydrogens (tertiary/aromatic N) is 1. The molecule has 2 aromatic carbocycles. The van der Waals surface area contributed by atoms with Crippen molar-refractivity contribution in [3.8, 4) is 11.8 Å². The largest absolute Gasteiger partial charge is 0.426 e. The van der Waals surface area contributed by atoms with Crippen molar-refractivity contribution in [2.45, 2.75) is 77.6 Å². The van der Waals surface area contributed by atoms with Gasteiger partial charge in [-0.2, -0.15) is 5.26 Å². The van der Waals surface area contributed by atoms with Crippen molar-refractivity contribution >= 4 is 5.97 Å². The molecule has 0 saturated heterocycles. The Hall–Kier alpha value is -2.74. The lowest BCUT2D eigenvalue weighted by Gasteiger charge is -2.31. The van der Waals surface area contributed by atoms with Gasteiger partial charge in [0.05, 0.1) is 5.92 Å². The number of hydrogen-bond acceptors (Lipinski definition) is 3. The van der Waals surface area contributed by atoms with E-state index >= 15 is 0 Å². The van der Waals surface area contributed by atoms with Crippen LogP contribution in [0.3, 0.4) is 0 Å². The number of hydrogen-bond donors (Lipinski definition) is 0. The number of unbranched alkanes of at least 4 members (excludes halogenated alkanes) is 3. The summed E-state index contributed by atoms with van der Waals surface area (Å²) in [5.41, 5.74) is 4.89. The molecular formula is C28H31F2NO2. The first-order valence-corrected chi connectivity index (χ1v) is 12.2. The molecule has 0 N–H and O–H groups in total. The number of rotatable bonds is 7. The molecule has 33 heavy (non-hydrogen) atoms. The molecule has 0 spiro atoms. The fraction of sp³-hybridized carbons (Fsp3) is 0.500. The minimum Gasteiger partial charge on any atom is -0.426 e. The Morgan fingerprint density at radius 1 is 1.03 bits per heavy atom. The Labute approximate surface area is 194 Å². The van der Waals surface area contributed by atoms with Crippen molar-refractivity contribution in [3.63, 3.8) is 0 Å². The van der Waals surface area contributed by atoms with Crippen molar-refractivity contribution < 1.29 is 18.3 Å². The van der Waals surface area contributed by atoms with Gasteiger partial charge in [-0.1, -0.05) is 51.2 Å². The maximum Gasteiger partial charge on any atom is 0.314 e. The summed E-state index contributed by atoms with van der Waals surface area (Å²) in [4.78, 5) is 12.7. The molecule has 0 aromatic heterocycles. The van der Waals surface area contributed by atoms with E-state index in [0.29, 0.717) is 12.8 Å². The molecule has 0 radical (unpaired) electrons. The van der Waals surface area contributed by atoms with E-state index in [1.54, 1.807) is 0 Å². The van der Waals surface area contributed by atoms with Crippen molar-refractivity contribution in [3.05, 3.63) is 63.7 Å². The summed E-state index contributed by atoms with van der Waals surface area (Å²) in [7, 11) is 0. The monoisotopic (exact) mass is 451 g/mol. The minimum atomic E-state index is -1.02. The van der Waals surface area contributed by atoms with Gasteiger partial charge in [0, 0.05) is 12.1 Å². The quantitative estimate of drug-likeness (QED) is 0.270. The first-order valence-electron chi connectivity index (χ1n) is 12.2. The van der Waals surface area contributed by atoms with Crippen molar-refractivity contribution in [1.82, 2.24) is 0 Å². The van der Waals surface area contributed by atoms with Gasteiger partial charge in [-0.3, -0.25) is 4.79 Å². The Kier molecular flexibility index (Phi) is 7.42. The number of carbonyl (C=O) groups excluding carboxylic acids is 1. The van der Waals surface area contributed by atoms with E-state index in [2.05, 4.69) is 19.1 Å². The van der Waals surface area contributed by atoms with Crippen LogP contribution >= 0.6 is 0 Å². The van der Waals surface area contributed by atoms with E-state index in [4.69, 9.17) is 10.00 Å². The highest BCUT2D eigenvalue weighted by Crippen LogP contribution is 2.37. The summed E-state index contributed by atoms with van der Waals surface area (Å²) in [6.07, 6.45) is 12.2. The molecule has 2 aromatic rings. The van der Waals surface area contributed by atoms with Gasteiger partial charge >= 0.3 is 5.97 Å². The molecule has 0 saturated carbocycles. The highest BCUT2D eigenvalue weighted by Gasteiger charge is 2.30. The second kappa shape index (κ2) is 10.5. The predicted molar refractivity (Wildman–Crippen MR) is 123 cm³/mol. The van der Waals surface area contributed by atoms with Crippen LogP contribution in [0.4, 0.5) is 8.78 Å². The summed E-state index contributed by atoms with van der Waals surface area (Å²) < 4.78 is 33.0. The second-order valence-corrected chi connectivity index (χ2v) is 9.53. The minimum absolute atomic E-state index is 0.199. The summed E-state index contributed by atoms with van der Waals surface area (Å²) in [6.45, 7) is 2.25. The van der Waals surface area contributed by atoms with E-state index in [1.165, 1.54) is 66.8 Å². The highest BCUT2D eigenvalue weighted by atomic mass is 19.1. The second-order valence-electron chi connectivity index (χ2n) is 9.53. The lowest BCUT2D eigenvalue weighted by molar-refractivity contribution is -0.139. The van der Waals surface area contributed by atoms with Gasteiger partial charge in [0.15, 0.2) is 0 Å². The standard InChI is InChI=1S/C28H31F2NO2/c1-2-3-4-5-6-18-7-11-23-19(13-18)8-9-20-14-21(10-12-24(20)23)28(32)33-22-15-26(29)25(17-31)27(30)16-22/h8-9,15-16,18,21H,2-7,10-14H2,1H3/t18-,21-/m0/s1. The Balaban J connectivity index is 1.40. The van der Waals surface area contributed by atoms with Crippen LogP contribution in [0.1, 0.15) is 79.7 Å². The van der Waals surface area contributed by atoms with E-state index in [0.717, 1.165) is 37.3 Å². The van der Waals surface area contributed by atoms with Crippen molar-refractivity contribution in [1.29, 1.82) is 5.26 Å². The maximum atomic E-state index is 13.8. The predicted octanol–water partition coefficient (Wildman–Crippen LogP) is 6.62. The third-order valence-electron chi connectivity index (χ3n) is 7.29. The summed E-state index contributed by atoms with van der Waals surface area (Å²) >= 11 is 0. The number of halogens is 2. The molecule has 0 unspecified atom stereocenters. The molecule has 0 amide bonds. The summed E-state index contributed by atoms with van der Waals surface area (Å²) in [6, 6.07) is 7.66. The van der Waals surface area contributed by atoms with E-state index < -0.39 is 23.2 Å². The number of esters is 1. The number of nitriles is 1. The van der Waals surface area contributed by atoms with E-state index in [-0.39, 0.29) is 11.7 Å². The molecular weight excluding hydrogens is 420 g/mol. The van der Waals surface area contributed by atoms with Crippen LogP contribution in [0.25, 0.3) is 0 Å². The Morgan fingerprint density at radius 3 is 2.36 bits per heavy atom. The van der Waals surface area contributed by atoms with Gasteiger partial charge < -0.3 is 4.74 Å². The molecule has 2 atom stereocenters. The topological polar surface area (TPSA) is 50.1 Å². The highest BCUT2D eigenvalue weighted by molar-refractivity contribution is 5.76. The van der Waals surface area contributed by atoms with Crippen molar-refractivity contribution in [2.75, 3.05) is 0 Å². The molecule has 2 aliphatic rings. The van der Waals surface area contributed by atoms with Gasteiger partial charge in [-0.05, 0) is 66.7 Å². The van der Waals surface area contributed by atoms with E-state index in [1.807, 2.05) is 0 Å². The van der Waals surface area contributed by atoms with Crippen LogP contribution in [0, 0.1) is 34.8 Å². The van der Waals surface area contributed by atoms with Gasteiger partial charge in [0.2, 0.25) is 0 Å². The number of carbonyl (C=O) groups is 1. The zero-order valence-electron chi connectivity index (χ0n) is 19.3. The van der Waals surface area contributed by atoms with Gasteiger partial charge in [-0.25, -0.2) is 8.78 Å². The maximum absolute atomic E-state index is 13.8. The van der Waals surface area contributed by atoms with Crippen LogP contribution in [-0.2, 0) is 30.5 Å². The van der Waals surface area contributed by atoms with Crippen molar-refractivity contribution in [2.24, 2.45) is 11.8 Å². The molecule has 5 heteroatoms. The lowest BCUT2D eigenvalue weighted by Crippen LogP contribution is -2.28. The molecule has 0 fully saturated rings. The number of ether oxygens (including phenoxy) is 1. The average Bonchev–Trinajstić information content (AvgIpc) is 2.81. The first kappa shape index (κ1) is 23.4. The molecule has 0 bridgehead atoms. The fourth-order valence-corrected chi connectivity index (χ4v) is 5.47.